The second kappa shape index (κ2) is 7.79. The molecule has 3 rings (SSSR count). The number of carbonyl (C=O) groups excluding carboxylic acids is 2. The summed E-state index contributed by atoms with van der Waals surface area (Å²) in [5, 5.41) is 2.75. The molecule has 26 heavy (non-hydrogen) atoms. The number of ether oxygens (including phenoxy) is 2. The summed E-state index contributed by atoms with van der Waals surface area (Å²) < 4.78 is 10.3. The van der Waals surface area contributed by atoms with E-state index in [0.29, 0.717) is 23.5 Å². The molecule has 1 aromatic heterocycles. The molecule has 0 saturated carbocycles. The minimum Gasteiger partial charge on any atom is -0.487 e. The van der Waals surface area contributed by atoms with E-state index >= 15 is 0 Å². The third-order valence-corrected chi connectivity index (χ3v) is 4.57. The van der Waals surface area contributed by atoms with Crippen molar-refractivity contribution in [1.29, 1.82) is 0 Å². The van der Waals surface area contributed by atoms with Crippen LogP contribution in [0.3, 0.4) is 0 Å². The summed E-state index contributed by atoms with van der Waals surface area (Å²) in [5.74, 6) is -0.205. The SMILES string of the molecule is COC(=O)c1ccc(OCc2csc(-c3ccc(C(N)=O)cc3)n2)cc1. The Morgan fingerprint density at radius 2 is 1.69 bits per heavy atom. The fraction of sp³-hybridized carbons (Fsp3) is 0.105. The number of hydrogen-bond donors (Lipinski definition) is 1. The summed E-state index contributed by atoms with van der Waals surface area (Å²) >= 11 is 1.49. The van der Waals surface area contributed by atoms with Gasteiger partial charge in [-0.2, -0.15) is 0 Å². The van der Waals surface area contributed by atoms with Crippen molar-refractivity contribution in [3.05, 3.63) is 70.7 Å². The largest absolute Gasteiger partial charge is 0.487 e. The Morgan fingerprint density at radius 1 is 1.04 bits per heavy atom. The first-order chi connectivity index (χ1) is 12.6. The van der Waals surface area contributed by atoms with E-state index in [-0.39, 0.29) is 5.97 Å². The lowest BCUT2D eigenvalue weighted by Gasteiger charge is -2.05. The molecule has 0 spiro atoms. The highest BCUT2D eigenvalue weighted by molar-refractivity contribution is 7.13. The molecule has 0 bridgehead atoms. The maximum absolute atomic E-state index is 11.4. The van der Waals surface area contributed by atoms with Gasteiger partial charge >= 0.3 is 5.97 Å². The van der Waals surface area contributed by atoms with E-state index in [4.69, 9.17) is 10.5 Å². The molecule has 0 aliphatic rings. The van der Waals surface area contributed by atoms with Crippen LogP contribution < -0.4 is 10.5 Å². The summed E-state index contributed by atoms with van der Waals surface area (Å²) in [6.07, 6.45) is 0. The van der Waals surface area contributed by atoms with Crippen molar-refractivity contribution in [2.45, 2.75) is 6.61 Å². The maximum Gasteiger partial charge on any atom is 0.337 e. The van der Waals surface area contributed by atoms with Crippen LogP contribution in [0, 0.1) is 0 Å². The molecule has 1 amide bonds. The molecule has 3 aromatic rings. The molecular weight excluding hydrogens is 352 g/mol. The molecule has 132 valence electrons. The van der Waals surface area contributed by atoms with Crippen molar-refractivity contribution in [3.8, 4) is 16.3 Å². The second-order valence-corrected chi connectivity index (χ2v) is 6.25. The predicted molar refractivity (Wildman–Crippen MR) is 98.2 cm³/mol. The Labute approximate surface area is 154 Å². The van der Waals surface area contributed by atoms with Crippen molar-refractivity contribution < 1.29 is 19.1 Å². The Balaban J connectivity index is 1.63. The summed E-state index contributed by atoms with van der Waals surface area (Å²) in [5.41, 5.74) is 7.87. The molecule has 1 heterocycles. The molecule has 0 saturated heterocycles. The number of benzene rings is 2. The van der Waals surface area contributed by atoms with Crippen molar-refractivity contribution in [2.75, 3.05) is 7.11 Å². The highest BCUT2D eigenvalue weighted by atomic mass is 32.1. The number of nitrogens with two attached hydrogens (primary N) is 1. The van der Waals surface area contributed by atoms with Crippen molar-refractivity contribution in [3.63, 3.8) is 0 Å². The number of thiazole rings is 1. The van der Waals surface area contributed by atoms with Gasteiger partial charge in [-0.05, 0) is 36.4 Å². The lowest BCUT2D eigenvalue weighted by molar-refractivity contribution is 0.0600. The van der Waals surface area contributed by atoms with E-state index in [1.807, 2.05) is 17.5 Å². The van der Waals surface area contributed by atoms with Crippen LogP contribution in [-0.4, -0.2) is 24.0 Å². The highest BCUT2D eigenvalue weighted by Gasteiger charge is 2.08. The lowest BCUT2D eigenvalue weighted by Crippen LogP contribution is -2.10. The van der Waals surface area contributed by atoms with Crippen LogP contribution in [0.1, 0.15) is 26.4 Å². The molecule has 2 aromatic carbocycles. The van der Waals surface area contributed by atoms with Crippen LogP contribution in [-0.2, 0) is 11.3 Å². The highest BCUT2D eigenvalue weighted by Crippen LogP contribution is 2.25. The number of nitrogens with zero attached hydrogens (tertiary/aromatic N) is 1. The zero-order valence-corrected chi connectivity index (χ0v) is 14.8. The van der Waals surface area contributed by atoms with Crippen LogP contribution in [0.5, 0.6) is 5.75 Å². The average Bonchev–Trinajstić information content (AvgIpc) is 3.15. The van der Waals surface area contributed by atoms with Gasteiger partial charge in [0, 0.05) is 16.5 Å². The Morgan fingerprint density at radius 3 is 2.31 bits per heavy atom. The van der Waals surface area contributed by atoms with Crippen molar-refractivity contribution in [1.82, 2.24) is 4.98 Å². The Hall–Kier alpha value is -3.19. The van der Waals surface area contributed by atoms with E-state index < -0.39 is 5.91 Å². The molecule has 0 fully saturated rings. The standard InChI is InChI=1S/C19H16N2O4S/c1-24-19(23)14-6-8-16(9-7-14)25-10-15-11-26-18(21-15)13-4-2-12(3-5-13)17(20)22/h2-9,11H,10H2,1H3,(H2,20,22). The van der Waals surface area contributed by atoms with Gasteiger partial charge in [-0.3, -0.25) is 4.79 Å². The first-order valence-corrected chi connectivity index (χ1v) is 8.60. The van der Waals surface area contributed by atoms with Crippen LogP contribution in [0.2, 0.25) is 0 Å². The average molecular weight is 368 g/mol. The molecule has 6 nitrogen and oxygen atoms in total. The van der Waals surface area contributed by atoms with E-state index in [1.165, 1.54) is 18.4 Å². The van der Waals surface area contributed by atoms with E-state index in [0.717, 1.165) is 16.3 Å². The number of aromatic nitrogens is 1. The van der Waals surface area contributed by atoms with Crippen LogP contribution >= 0.6 is 11.3 Å². The summed E-state index contributed by atoms with van der Waals surface area (Å²) in [4.78, 5) is 27.1. The topological polar surface area (TPSA) is 91.5 Å². The number of primary amides is 1. The Bertz CT molecular complexity index is 917. The van der Waals surface area contributed by atoms with Crippen LogP contribution in [0.25, 0.3) is 10.6 Å². The summed E-state index contributed by atoms with van der Waals surface area (Å²) in [6, 6.07) is 13.7. The van der Waals surface area contributed by atoms with Crippen LogP contribution in [0.15, 0.2) is 53.9 Å². The third-order valence-electron chi connectivity index (χ3n) is 3.63. The number of hydrogen-bond acceptors (Lipinski definition) is 6. The number of carbonyl (C=O) groups is 2. The van der Waals surface area contributed by atoms with E-state index in [2.05, 4.69) is 9.72 Å². The van der Waals surface area contributed by atoms with Gasteiger partial charge in [-0.1, -0.05) is 12.1 Å². The summed E-state index contributed by atoms with van der Waals surface area (Å²) in [7, 11) is 1.34. The fourth-order valence-electron chi connectivity index (χ4n) is 2.25. The zero-order valence-electron chi connectivity index (χ0n) is 14.0. The summed E-state index contributed by atoms with van der Waals surface area (Å²) in [6.45, 7) is 0.313. The molecule has 0 atom stereocenters. The van der Waals surface area contributed by atoms with E-state index in [1.54, 1.807) is 36.4 Å². The number of methoxy groups -OCH3 is 1. The first kappa shape index (κ1) is 17.6. The third kappa shape index (κ3) is 4.07. The van der Waals surface area contributed by atoms with Crippen molar-refractivity contribution in [2.24, 2.45) is 5.73 Å². The molecule has 0 radical (unpaired) electrons. The minimum atomic E-state index is -0.456. The van der Waals surface area contributed by atoms with Gasteiger partial charge in [0.25, 0.3) is 0 Å². The minimum absolute atomic E-state index is 0.313. The molecule has 0 aliphatic carbocycles. The molecule has 7 heteroatoms. The van der Waals surface area contributed by atoms with Crippen LogP contribution in [0.4, 0.5) is 0 Å². The Kier molecular flexibility index (Phi) is 5.28. The normalized spacial score (nSPS) is 10.3. The molecule has 0 aliphatic heterocycles. The number of rotatable bonds is 6. The molecule has 2 N–H and O–H groups in total. The van der Waals surface area contributed by atoms with Gasteiger partial charge in [0.1, 0.15) is 17.4 Å². The molecular formula is C19H16N2O4S. The van der Waals surface area contributed by atoms with Crippen molar-refractivity contribution >= 4 is 23.2 Å². The second-order valence-electron chi connectivity index (χ2n) is 5.39. The van der Waals surface area contributed by atoms with Gasteiger partial charge in [0.15, 0.2) is 0 Å². The first-order valence-electron chi connectivity index (χ1n) is 7.72. The fourth-order valence-corrected chi connectivity index (χ4v) is 3.06. The van der Waals surface area contributed by atoms with Gasteiger partial charge < -0.3 is 15.2 Å². The quantitative estimate of drug-likeness (QED) is 0.674. The van der Waals surface area contributed by atoms with Gasteiger partial charge in [-0.15, -0.1) is 11.3 Å². The van der Waals surface area contributed by atoms with E-state index in [9.17, 15) is 9.59 Å². The van der Waals surface area contributed by atoms with Gasteiger partial charge in [-0.25, -0.2) is 9.78 Å². The zero-order chi connectivity index (χ0) is 18.5. The van der Waals surface area contributed by atoms with Gasteiger partial charge in [0.2, 0.25) is 5.91 Å². The smallest absolute Gasteiger partial charge is 0.337 e. The lowest BCUT2D eigenvalue weighted by atomic mass is 10.1. The maximum atomic E-state index is 11.4. The predicted octanol–water partition coefficient (Wildman–Crippen LogP) is 3.27. The monoisotopic (exact) mass is 368 g/mol. The molecule has 0 unspecified atom stereocenters. The number of amides is 1. The number of esters is 1. The van der Waals surface area contributed by atoms with Gasteiger partial charge in [0.05, 0.1) is 18.4 Å².